The van der Waals surface area contributed by atoms with Gasteiger partial charge in [0.15, 0.2) is 11.3 Å². The third kappa shape index (κ3) is 2.33. The van der Waals surface area contributed by atoms with E-state index in [2.05, 4.69) is 0 Å². The number of ether oxygens (including phenoxy) is 4. The van der Waals surface area contributed by atoms with Crippen molar-refractivity contribution in [2.24, 2.45) is 0 Å². The standard InChI is InChI=1S/C18H18F2O7S/c1-4-25-15(21)14-17(22)7-18(28-14,16(19)20)27-12-9(17)10(23-2)8-5-6-26-11(8)13(12)24-3/h5-6,14,16,22H,4,7H2,1-3H3/t14-,17+,18+/m0/s1. The molecule has 1 aromatic carbocycles. The predicted molar refractivity (Wildman–Crippen MR) is 95.2 cm³/mol. The normalized spacial score (nSPS) is 28.2. The maximum absolute atomic E-state index is 14.1. The molecule has 10 heteroatoms. The molecule has 152 valence electrons. The van der Waals surface area contributed by atoms with Gasteiger partial charge in [0, 0.05) is 6.42 Å². The van der Waals surface area contributed by atoms with Crippen LogP contribution < -0.4 is 14.2 Å². The van der Waals surface area contributed by atoms with E-state index in [1.807, 2.05) is 0 Å². The van der Waals surface area contributed by atoms with Crippen LogP contribution in [0.2, 0.25) is 0 Å². The molecule has 4 rings (SSSR count). The second-order valence-electron chi connectivity index (χ2n) is 6.50. The third-order valence-electron chi connectivity index (χ3n) is 4.99. The van der Waals surface area contributed by atoms with Crippen molar-refractivity contribution < 1.29 is 42.0 Å². The summed E-state index contributed by atoms with van der Waals surface area (Å²) in [4.78, 5) is 10.4. The fraction of sp³-hybridized carbons (Fsp3) is 0.500. The van der Waals surface area contributed by atoms with E-state index in [-0.39, 0.29) is 35.0 Å². The average molecular weight is 416 g/mol. The van der Waals surface area contributed by atoms with Crippen LogP contribution in [0.25, 0.3) is 11.0 Å². The molecule has 2 aromatic rings. The second-order valence-corrected chi connectivity index (χ2v) is 7.90. The van der Waals surface area contributed by atoms with E-state index in [1.165, 1.54) is 20.5 Å². The Balaban J connectivity index is 2.05. The van der Waals surface area contributed by atoms with Gasteiger partial charge in [-0.1, -0.05) is 11.8 Å². The van der Waals surface area contributed by atoms with Crippen molar-refractivity contribution in [2.75, 3.05) is 20.8 Å². The first-order valence-corrected chi connectivity index (χ1v) is 9.40. The van der Waals surface area contributed by atoms with Gasteiger partial charge in [0.25, 0.3) is 6.43 Å². The van der Waals surface area contributed by atoms with Gasteiger partial charge in [-0.3, -0.25) is 4.79 Å². The summed E-state index contributed by atoms with van der Waals surface area (Å²) in [6.07, 6.45) is -2.12. The van der Waals surface area contributed by atoms with Crippen LogP contribution in [0.4, 0.5) is 8.78 Å². The summed E-state index contributed by atoms with van der Waals surface area (Å²) < 4.78 is 55.1. The predicted octanol–water partition coefficient (Wildman–Crippen LogP) is 3.06. The Morgan fingerprint density at radius 1 is 1.39 bits per heavy atom. The third-order valence-corrected chi connectivity index (χ3v) is 6.62. The lowest BCUT2D eigenvalue weighted by molar-refractivity contribution is -0.150. The minimum absolute atomic E-state index is 0.0442. The van der Waals surface area contributed by atoms with Gasteiger partial charge in [-0.05, 0) is 13.0 Å². The SMILES string of the molecule is CCOC(=O)[C@@H]1S[C@@]2(C(F)F)C[C@@]1(O)c1c(c(OC)c3occc3c1OC)O2. The van der Waals surface area contributed by atoms with Gasteiger partial charge in [-0.2, -0.15) is 0 Å². The Bertz CT molecular complexity index is 946. The molecule has 0 amide bonds. The Hall–Kier alpha value is -2.20. The molecule has 0 saturated carbocycles. The summed E-state index contributed by atoms with van der Waals surface area (Å²) >= 11 is 0.549. The number of thioether (sulfide) groups is 1. The maximum Gasteiger partial charge on any atom is 0.322 e. The first-order chi connectivity index (χ1) is 13.3. The van der Waals surface area contributed by atoms with Gasteiger partial charge in [0.2, 0.25) is 10.7 Å². The van der Waals surface area contributed by atoms with Crippen molar-refractivity contribution >= 4 is 28.7 Å². The zero-order valence-corrected chi connectivity index (χ0v) is 16.1. The zero-order valence-electron chi connectivity index (χ0n) is 15.3. The molecule has 1 aromatic heterocycles. The quantitative estimate of drug-likeness (QED) is 0.745. The number of alkyl halides is 2. The molecule has 3 heterocycles. The summed E-state index contributed by atoms with van der Waals surface area (Å²) in [6, 6.07) is 1.59. The summed E-state index contributed by atoms with van der Waals surface area (Å²) in [7, 11) is 2.70. The minimum atomic E-state index is -2.99. The molecular formula is C18H18F2O7S. The van der Waals surface area contributed by atoms with Crippen molar-refractivity contribution in [3.8, 4) is 17.2 Å². The van der Waals surface area contributed by atoms with Gasteiger partial charge in [0.1, 0.15) is 16.6 Å². The highest BCUT2D eigenvalue weighted by Crippen LogP contribution is 2.66. The number of hydrogen-bond donors (Lipinski definition) is 1. The number of aliphatic hydroxyl groups is 1. The summed E-state index contributed by atoms with van der Waals surface area (Å²) in [6.45, 7) is 1.64. The molecule has 0 unspecified atom stereocenters. The van der Waals surface area contributed by atoms with Crippen LogP contribution >= 0.6 is 11.8 Å². The number of hydrogen-bond acceptors (Lipinski definition) is 8. The number of benzene rings is 1. The highest BCUT2D eigenvalue weighted by Gasteiger charge is 2.69. The fourth-order valence-electron chi connectivity index (χ4n) is 3.90. The summed E-state index contributed by atoms with van der Waals surface area (Å²) in [5.41, 5.74) is -1.71. The van der Waals surface area contributed by atoms with Crippen LogP contribution in [-0.2, 0) is 15.1 Å². The Morgan fingerprint density at radius 2 is 2.11 bits per heavy atom. The Kier molecular flexibility index (Phi) is 4.38. The summed E-state index contributed by atoms with van der Waals surface area (Å²) in [5, 5.41) is 10.7. The topological polar surface area (TPSA) is 87.4 Å². The molecule has 0 radical (unpaired) electrons. The van der Waals surface area contributed by atoms with Crippen molar-refractivity contribution in [2.45, 2.75) is 35.6 Å². The molecule has 28 heavy (non-hydrogen) atoms. The van der Waals surface area contributed by atoms with Crippen molar-refractivity contribution in [3.05, 3.63) is 17.9 Å². The molecule has 2 bridgehead atoms. The average Bonchev–Trinajstić information content (AvgIpc) is 3.22. The number of rotatable bonds is 5. The van der Waals surface area contributed by atoms with Crippen molar-refractivity contribution in [1.82, 2.24) is 0 Å². The van der Waals surface area contributed by atoms with E-state index in [0.29, 0.717) is 17.1 Å². The highest BCUT2D eigenvalue weighted by molar-refractivity contribution is 8.02. The van der Waals surface area contributed by atoms with Gasteiger partial charge < -0.3 is 28.5 Å². The van der Waals surface area contributed by atoms with Gasteiger partial charge in [-0.15, -0.1) is 0 Å². The molecule has 2 aliphatic rings. The number of fused-ring (bicyclic) bond motifs is 5. The number of methoxy groups -OCH3 is 2. The van der Waals surface area contributed by atoms with E-state index in [9.17, 15) is 18.7 Å². The largest absolute Gasteiger partial charge is 0.495 e. The van der Waals surface area contributed by atoms with E-state index in [0.717, 1.165) is 0 Å². The number of furan rings is 1. The number of carbonyl (C=O) groups excluding carboxylic acids is 1. The van der Waals surface area contributed by atoms with Crippen LogP contribution in [0.1, 0.15) is 18.9 Å². The van der Waals surface area contributed by atoms with E-state index in [1.54, 1.807) is 13.0 Å². The molecule has 1 N–H and O–H groups in total. The van der Waals surface area contributed by atoms with Gasteiger partial charge >= 0.3 is 5.97 Å². The van der Waals surface area contributed by atoms with Crippen LogP contribution in [0.3, 0.4) is 0 Å². The first-order valence-electron chi connectivity index (χ1n) is 8.52. The molecule has 0 aliphatic carbocycles. The Morgan fingerprint density at radius 3 is 2.71 bits per heavy atom. The lowest BCUT2D eigenvalue weighted by atomic mass is 9.81. The molecule has 3 atom stereocenters. The summed E-state index contributed by atoms with van der Waals surface area (Å²) in [5.74, 6) is -0.719. The van der Waals surface area contributed by atoms with E-state index < -0.39 is 34.6 Å². The lowest BCUT2D eigenvalue weighted by Crippen LogP contribution is -2.46. The van der Waals surface area contributed by atoms with Gasteiger partial charge in [-0.25, -0.2) is 8.78 Å². The molecule has 7 nitrogen and oxygen atoms in total. The van der Waals surface area contributed by atoms with Crippen molar-refractivity contribution in [1.29, 1.82) is 0 Å². The first kappa shape index (κ1) is 19.1. The Labute approximate surface area is 162 Å². The number of carbonyl (C=O) groups is 1. The molecular weight excluding hydrogens is 398 g/mol. The fourth-order valence-corrected chi connectivity index (χ4v) is 5.40. The molecule has 2 aliphatic heterocycles. The number of halogens is 2. The van der Waals surface area contributed by atoms with E-state index in [4.69, 9.17) is 23.4 Å². The smallest absolute Gasteiger partial charge is 0.322 e. The molecule has 1 saturated heterocycles. The van der Waals surface area contributed by atoms with Crippen LogP contribution in [0.15, 0.2) is 16.7 Å². The number of esters is 1. The van der Waals surface area contributed by atoms with Crippen LogP contribution in [-0.4, -0.2) is 48.5 Å². The minimum Gasteiger partial charge on any atom is -0.495 e. The highest BCUT2D eigenvalue weighted by atomic mass is 32.2. The zero-order chi connectivity index (χ0) is 20.3. The maximum atomic E-state index is 14.1. The monoisotopic (exact) mass is 416 g/mol. The lowest BCUT2D eigenvalue weighted by Gasteiger charge is -2.38. The van der Waals surface area contributed by atoms with Crippen molar-refractivity contribution in [3.63, 3.8) is 0 Å². The van der Waals surface area contributed by atoms with Crippen LogP contribution in [0, 0.1) is 0 Å². The molecule has 1 fully saturated rings. The van der Waals surface area contributed by atoms with E-state index >= 15 is 0 Å². The van der Waals surface area contributed by atoms with Crippen LogP contribution in [0.5, 0.6) is 17.2 Å². The van der Waals surface area contributed by atoms with Gasteiger partial charge in [0.05, 0.1) is 38.0 Å². The molecule has 0 spiro atoms. The second kappa shape index (κ2) is 6.41.